The topological polar surface area (TPSA) is 82.4 Å². The number of piperidine rings is 1. The number of carbonyl (C=O) groups is 2. The summed E-state index contributed by atoms with van der Waals surface area (Å²) in [4.78, 5) is 35.3. The van der Waals surface area contributed by atoms with Crippen molar-refractivity contribution in [2.45, 2.75) is 88.1 Å². The summed E-state index contributed by atoms with van der Waals surface area (Å²) in [6.07, 6.45) is 13.8. The van der Waals surface area contributed by atoms with Crippen LogP contribution in [0.25, 0.3) is 0 Å². The van der Waals surface area contributed by atoms with Crippen molar-refractivity contribution in [3.63, 3.8) is 0 Å². The second-order valence-electron chi connectivity index (χ2n) is 12.3. The molecule has 8 heteroatoms. The van der Waals surface area contributed by atoms with Crippen molar-refractivity contribution in [1.82, 2.24) is 9.80 Å². The van der Waals surface area contributed by atoms with Crippen LogP contribution in [-0.4, -0.2) is 82.6 Å². The maximum atomic E-state index is 14.0. The van der Waals surface area contributed by atoms with Crippen molar-refractivity contribution in [2.24, 2.45) is 34.6 Å². The third kappa shape index (κ3) is 5.75. The number of aliphatic imine (C=N–C) groups is 1. The molecule has 3 bridgehead atoms. The molecular formula is C29H45N3O4S. The molecule has 8 atom stereocenters. The molecule has 5 aliphatic rings. The molecule has 1 amide bonds. The molecule has 206 valence electrons. The van der Waals surface area contributed by atoms with Gasteiger partial charge in [-0.25, -0.2) is 0 Å². The zero-order chi connectivity index (χ0) is 26.2. The van der Waals surface area contributed by atoms with E-state index in [1.54, 1.807) is 11.8 Å². The second-order valence-corrected chi connectivity index (χ2v) is 13.5. The number of methoxy groups -OCH3 is 1. The summed E-state index contributed by atoms with van der Waals surface area (Å²) in [5.74, 6) is 3.62. The van der Waals surface area contributed by atoms with Crippen molar-refractivity contribution >= 4 is 29.5 Å². The summed E-state index contributed by atoms with van der Waals surface area (Å²) >= 11 is 1.78. The van der Waals surface area contributed by atoms with Gasteiger partial charge in [-0.1, -0.05) is 13.0 Å². The van der Waals surface area contributed by atoms with Crippen LogP contribution in [0.1, 0.15) is 71.1 Å². The number of dihydropyridines is 1. The Morgan fingerprint density at radius 3 is 2.78 bits per heavy atom. The molecule has 0 radical (unpaired) electrons. The Morgan fingerprint density at radius 2 is 2.00 bits per heavy atom. The zero-order valence-corrected chi connectivity index (χ0v) is 23.6. The maximum absolute atomic E-state index is 14.0. The van der Waals surface area contributed by atoms with E-state index in [1.165, 1.54) is 7.11 Å². The van der Waals surface area contributed by atoms with E-state index in [0.717, 1.165) is 82.5 Å². The minimum Gasteiger partial charge on any atom is -0.469 e. The number of ether oxygens (including phenoxy) is 1. The first kappa shape index (κ1) is 27.0. The lowest BCUT2D eigenvalue weighted by Gasteiger charge is -2.42. The normalized spacial score (nSPS) is 38.8. The number of likely N-dealkylation sites (tertiary alicyclic amines) is 1. The summed E-state index contributed by atoms with van der Waals surface area (Å²) in [5.41, 5.74) is -0.496. The number of hydrogen-bond donors (Lipinski definition) is 1. The first-order chi connectivity index (χ1) is 17.8. The minimum absolute atomic E-state index is 0.127. The van der Waals surface area contributed by atoms with Gasteiger partial charge in [0.05, 0.1) is 18.6 Å². The molecule has 4 fully saturated rings. The van der Waals surface area contributed by atoms with Crippen LogP contribution in [-0.2, 0) is 14.3 Å². The molecule has 37 heavy (non-hydrogen) atoms. The van der Waals surface area contributed by atoms with E-state index in [1.807, 2.05) is 18.0 Å². The van der Waals surface area contributed by atoms with E-state index < -0.39 is 5.60 Å². The third-order valence-corrected chi connectivity index (χ3v) is 11.1. The van der Waals surface area contributed by atoms with E-state index in [2.05, 4.69) is 17.9 Å². The number of carbonyl (C=O) groups excluding carboxylic acids is 2. The summed E-state index contributed by atoms with van der Waals surface area (Å²) in [6.45, 7) is 3.90. The molecule has 0 spiro atoms. The van der Waals surface area contributed by atoms with Gasteiger partial charge in [-0.2, -0.15) is 0 Å². The molecule has 1 saturated heterocycles. The van der Waals surface area contributed by atoms with Crippen LogP contribution in [0, 0.1) is 29.6 Å². The number of thioether (sulfide) groups is 1. The van der Waals surface area contributed by atoms with Crippen LogP contribution in [0.5, 0.6) is 0 Å². The average Bonchev–Trinajstić information content (AvgIpc) is 3.05. The Bertz CT molecular complexity index is 925. The highest BCUT2D eigenvalue weighted by atomic mass is 32.2. The van der Waals surface area contributed by atoms with Crippen molar-refractivity contribution in [3.05, 3.63) is 12.2 Å². The molecule has 1 N–H and O–H groups in total. The third-order valence-electron chi connectivity index (χ3n) is 9.74. The Balaban J connectivity index is 1.28. The lowest BCUT2D eigenvalue weighted by molar-refractivity contribution is -0.142. The molecule has 5 rings (SSSR count). The van der Waals surface area contributed by atoms with Gasteiger partial charge in [0.1, 0.15) is 11.2 Å². The van der Waals surface area contributed by atoms with E-state index in [0.29, 0.717) is 24.2 Å². The van der Waals surface area contributed by atoms with Gasteiger partial charge in [-0.3, -0.25) is 14.6 Å². The number of esters is 1. The van der Waals surface area contributed by atoms with Crippen molar-refractivity contribution in [2.75, 3.05) is 33.0 Å². The number of aliphatic hydroxyl groups is 1. The fourth-order valence-corrected chi connectivity index (χ4v) is 9.10. The van der Waals surface area contributed by atoms with E-state index >= 15 is 0 Å². The van der Waals surface area contributed by atoms with Gasteiger partial charge in [0.25, 0.3) is 0 Å². The molecule has 3 aliphatic carbocycles. The van der Waals surface area contributed by atoms with Gasteiger partial charge in [0.2, 0.25) is 5.91 Å². The fraction of sp³-hybridized carbons (Fsp3) is 0.828. The number of hydrogen-bond acceptors (Lipinski definition) is 7. The summed E-state index contributed by atoms with van der Waals surface area (Å²) in [5, 5.41) is 11.0. The van der Waals surface area contributed by atoms with Crippen LogP contribution in [0.4, 0.5) is 0 Å². The number of rotatable bonds is 7. The van der Waals surface area contributed by atoms with Crippen molar-refractivity contribution in [1.29, 1.82) is 0 Å². The van der Waals surface area contributed by atoms with Gasteiger partial charge in [-0.15, -0.1) is 11.8 Å². The summed E-state index contributed by atoms with van der Waals surface area (Å²) < 4.78 is 4.89. The van der Waals surface area contributed by atoms with Gasteiger partial charge in [-0.05, 0) is 93.3 Å². The van der Waals surface area contributed by atoms with Gasteiger partial charge in [0, 0.05) is 32.6 Å². The largest absolute Gasteiger partial charge is 0.469 e. The standard InChI is InChI=1S/C29H45N3O4S/c1-4-12-37-27-23(8-10-25(30-27)32-11-5-6-19(18-32)13-26(33)36-3)28(34)31(2)24-9-7-20-15-29(35)16-21(20)14-22(24)17-29/h8,10,19-24,27,35H,4-7,9,11-18H2,1-3H3/t19-,20?,21?,22?,23?,24+,27?,29+/m0/s1. The Labute approximate surface area is 226 Å². The highest BCUT2D eigenvalue weighted by molar-refractivity contribution is 7.99. The molecule has 0 aromatic carbocycles. The first-order valence-corrected chi connectivity index (χ1v) is 15.5. The minimum atomic E-state index is -0.496. The van der Waals surface area contributed by atoms with Gasteiger partial charge >= 0.3 is 5.97 Å². The predicted octanol–water partition coefficient (Wildman–Crippen LogP) is 4.10. The monoisotopic (exact) mass is 531 g/mol. The zero-order valence-electron chi connectivity index (χ0n) is 22.8. The SMILES string of the molecule is CCCSC1N=C(N2CCC[C@@H](CC(=O)OC)C2)C=CC1C(=O)N(C)[C@@H]1CCC2C[C@@]3(O)CC2CC1C3. The maximum Gasteiger partial charge on any atom is 0.305 e. The number of fused-ring (bicyclic) bond motifs is 2. The number of amides is 1. The van der Waals surface area contributed by atoms with E-state index in [4.69, 9.17) is 9.73 Å². The fourth-order valence-electron chi connectivity index (χ4n) is 8.02. The smallest absolute Gasteiger partial charge is 0.305 e. The second kappa shape index (κ2) is 11.3. The van der Waals surface area contributed by atoms with Gasteiger partial charge in [0.15, 0.2) is 0 Å². The lowest BCUT2D eigenvalue weighted by Crippen LogP contribution is -2.49. The van der Waals surface area contributed by atoms with Crippen LogP contribution in [0.3, 0.4) is 0 Å². The average molecular weight is 532 g/mol. The molecule has 7 nitrogen and oxygen atoms in total. The molecule has 0 aromatic rings. The Morgan fingerprint density at radius 1 is 1.22 bits per heavy atom. The summed E-state index contributed by atoms with van der Waals surface area (Å²) in [6, 6.07) is 0.212. The molecular weight excluding hydrogens is 486 g/mol. The van der Waals surface area contributed by atoms with Crippen LogP contribution < -0.4 is 0 Å². The van der Waals surface area contributed by atoms with Crippen molar-refractivity contribution in [3.8, 4) is 0 Å². The van der Waals surface area contributed by atoms with Crippen molar-refractivity contribution < 1.29 is 19.4 Å². The number of amidine groups is 1. The van der Waals surface area contributed by atoms with Crippen LogP contribution in [0.15, 0.2) is 17.1 Å². The Kier molecular flexibility index (Phi) is 8.25. The quantitative estimate of drug-likeness (QED) is 0.498. The predicted molar refractivity (Wildman–Crippen MR) is 147 cm³/mol. The number of nitrogens with zero attached hydrogens (tertiary/aromatic N) is 3. The first-order valence-electron chi connectivity index (χ1n) is 14.5. The highest BCUT2D eigenvalue weighted by Gasteiger charge is 2.54. The lowest BCUT2D eigenvalue weighted by atomic mass is 9.75. The van der Waals surface area contributed by atoms with E-state index in [-0.39, 0.29) is 35.1 Å². The molecule has 5 unspecified atom stereocenters. The Hall–Kier alpha value is -1.54. The molecule has 2 heterocycles. The summed E-state index contributed by atoms with van der Waals surface area (Å²) in [7, 11) is 3.45. The van der Waals surface area contributed by atoms with Gasteiger partial charge < -0.3 is 19.6 Å². The molecule has 3 saturated carbocycles. The van der Waals surface area contributed by atoms with Crippen LogP contribution in [0.2, 0.25) is 0 Å². The molecule has 0 aromatic heterocycles. The van der Waals surface area contributed by atoms with Crippen LogP contribution >= 0.6 is 11.8 Å². The van der Waals surface area contributed by atoms with E-state index in [9.17, 15) is 14.7 Å². The highest BCUT2D eigenvalue weighted by Crippen LogP contribution is 2.56. The molecule has 2 aliphatic heterocycles.